The van der Waals surface area contributed by atoms with Gasteiger partial charge in [-0.3, -0.25) is 4.79 Å². The van der Waals surface area contributed by atoms with Crippen molar-refractivity contribution in [2.45, 2.75) is 45.1 Å². The third kappa shape index (κ3) is 4.30. The Morgan fingerprint density at radius 1 is 1.16 bits per heavy atom. The summed E-state index contributed by atoms with van der Waals surface area (Å²) in [5.41, 5.74) is 3.77. The van der Waals surface area contributed by atoms with Crippen molar-refractivity contribution in [3.05, 3.63) is 76.0 Å². The SMILES string of the molecule is CCCn1ncc2ccc([C@H]3CCCN(C(=O)c4csc(Cc5ccccc5)n4)C3)nc21. The minimum Gasteiger partial charge on any atom is -0.337 e. The normalized spacial score (nSPS) is 16.5. The number of nitrogens with zero attached hydrogens (tertiary/aromatic N) is 5. The number of piperidine rings is 1. The number of hydrogen-bond donors (Lipinski definition) is 0. The van der Waals surface area contributed by atoms with Gasteiger partial charge < -0.3 is 4.90 Å². The third-order valence-electron chi connectivity index (χ3n) is 6.04. The third-order valence-corrected chi connectivity index (χ3v) is 6.89. The van der Waals surface area contributed by atoms with E-state index in [9.17, 15) is 4.79 Å². The Labute approximate surface area is 191 Å². The van der Waals surface area contributed by atoms with Gasteiger partial charge in [0.15, 0.2) is 5.65 Å². The fraction of sp³-hybridized carbons (Fsp3) is 0.360. The first-order valence-corrected chi connectivity index (χ1v) is 12.2. The maximum absolute atomic E-state index is 13.2. The molecule has 4 aromatic rings. The van der Waals surface area contributed by atoms with E-state index >= 15 is 0 Å². The van der Waals surface area contributed by atoms with E-state index in [-0.39, 0.29) is 11.8 Å². The number of carbonyl (C=O) groups excluding carboxylic acids is 1. The first-order chi connectivity index (χ1) is 15.7. The molecule has 3 aromatic heterocycles. The summed E-state index contributed by atoms with van der Waals surface area (Å²) in [6.07, 6.45) is 5.69. The molecule has 6 nitrogen and oxygen atoms in total. The maximum Gasteiger partial charge on any atom is 0.273 e. The zero-order valence-electron chi connectivity index (χ0n) is 18.3. The number of fused-ring (bicyclic) bond motifs is 1. The molecule has 1 aliphatic rings. The fourth-order valence-electron chi connectivity index (χ4n) is 4.40. The average Bonchev–Trinajstić information content (AvgIpc) is 3.46. The van der Waals surface area contributed by atoms with Crippen molar-refractivity contribution in [2.75, 3.05) is 13.1 Å². The van der Waals surface area contributed by atoms with Gasteiger partial charge in [0.1, 0.15) is 5.69 Å². The summed E-state index contributed by atoms with van der Waals surface area (Å²) in [4.78, 5) is 24.7. The van der Waals surface area contributed by atoms with Crippen molar-refractivity contribution >= 4 is 28.3 Å². The number of rotatable bonds is 6. The fourth-order valence-corrected chi connectivity index (χ4v) is 5.20. The Kier molecular flexibility index (Phi) is 5.99. The number of hydrogen-bond acceptors (Lipinski definition) is 5. The van der Waals surface area contributed by atoms with E-state index < -0.39 is 0 Å². The molecule has 0 N–H and O–H groups in total. The Hall–Kier alpha value is -3.06. The molecule has 1 amide bonds. The minimum atomic E-state index is 0.0300. The topological polar surface area (TPSA) is 63.9 Å². The minimum absolute atomic E-state index is 0.0300. The Bertz CT molecular complexity index is 1220. The molecular weight excluding hydrogens is 418 g/mol. The van der Waals surface area contributed by atoms with Gasteiger partial charge in [0.2, 0.25) is 0 Å². The number of thiazole rings is 1. The van der Waals surface area contributed by atoms with Crippen molar-refractivity contribution < 1.29 is 4.79 Å². The highest BCUT2D eigenvalue weighted by Crippen LogP contribution is 2.28. The highest BCUT2D eigenvalue weighted by molar-refractivity contribution is 7.09. The molecule has 0 radical (unpaired) electrons. The van der Waals surface area contributed by atoms with Crippen LogP contribution in [0.15, 0.2) is 54.0 Å². The average molecular weight is 446 g/mol. The van der Waals surface area contributed by atoms with Gasteiger partial charge in [-0.2, -0.15) is 5.10 Å². The van der Waals surface area contributed by atoms with Crippen LogP contribution in [0.1, 0.15) is 58.9 Å². The molecule has 4 heterocycles. The van der Waals surface area contributed by atoms with Crippen LogP contribution < -0.4 is 0 Å². The highest BCUT2D eigenvalue weighted by atomic mass is 32.1. The van der Waals surface area contributed by atoms with Crippen LogP contribution in [-0.4, -0.2) is 43.6 Å². The van der Waals surface area contributed by atoms with Gasteiger partial charge >= 0.3 is 0 Å². The van der Waals surface area contributed by atoms with Gasteiger partial charge in [-0.1, -0.05) is 37.3 Å². The Morgan fingerprint density at radius 3 is 2.88 bits per heavy atom. The molecule has 164 valence electrons. The molecule has 1 aliphatic heterocycles. The molecule has 5 rings (SSSR count). The van der Waals surface area contributed by atoms with Crippen LogP contribution in [0.5, 0.6) is 0 Å². The van der Waals surface area contributed by atoms with Crippen molar-refractivity contribution in [3.63, 3.8) is 0 Å². The quantitative estimate of drug-likeness (QED) is 0.423. The summed E-state index contributed by atoms with van der Waals surface area (Å²) in [7, 11) is 0. The molecule has 0 unspecified atom stereocenters. The van der Waals surface area contributed by atoms with E-state index in [2.05, 4.69) is 41.3 Å². The van der Waals surface area contributed by atoms with Crippen molar-refractivity contribution in [3.8, 4) is 0 Å². The number of likely N-dealkylation sites (tertiary alicyclic amines) is 1. The number of pyridine rings is 1. The van der Waals surface area contributed by atoms with E-state index in [1.807, 2.05) is 39.4 Å². The molecule has 0 saturated carbocycles. The summed E-state index contributed by atoms with van der Waals surface area (Å²) in [6, 6.07) is 14.5. The lowest BCUT2D eigenvalue weighted by molar-refractivity contribution is 0.0700. The molecule has 1 atom stereocenters. The van der Waals surface area contributed by atoms with Crippen LogP contribution in [0.25, 0.3) is 11.0 Å². The van der Waals surface area contributed by atoms with Crippen LogP contribution in [-0.2, 0) is 13.0 Å². The van der Waals surface area contributed by atoms with Gasteiger partial charge in [-0.25, -0.2) is 14.6 Å². The summed E-state index contributed by atoms with van der Waals surface area (Å²) < 4.78 is 1.98. The van der Waals surface area contributed by atoms with Gasteiger partial charge in [0.05, 0.1) is 11.2 Å². The van der Waals surface area contributed by atoms with Crippen LogP contribution in [0.2, 0.25) is 0 Å². The smallest absolute Gasteiger partial charge is 0.273 e. The van der Waals surface area contributed by atoms with E-state index in [1.165, 1.54) is 5.56 Å². The van der Waals surface area contributed by atoms with E-state index in [0.29, 0.717) is 12.2 Å². The molecule has 1 aromatic carbocycles. The molecule has 1 fully saturated rings. The van der Waals surface area contributed by atoms with Gasteiger partial charge in [0, 0.05) is 48.4 Å². The van der Waals surface area contributed by atoms with Gasteiger partial charge in [0.25, 0.3) is 5.91 Å². The summed E-state index contributed by atoms with van der Waals surface area (Å²) in [6.45, 7) is 4.47. The summed E-state index contributed by atoms with van der Waals surface area (Å²) in [5, 5.41) is 8.41. The van der Waals surface area contributed by atoms with Crippen LogP contribution >= 0.6 is 11.3 Å². The Balaban J connectivity index is 1.30. The number of aromatic nitrogens is 4. The van der Waals surface area contributed by atoms with Crippen molar-refractivity contribution in [1.82, 2.24) is 24.6 Å². The van der Waals surface area contributed by atoms with E-state index in [4.69, 9.17) is 4.98 Å². The summed E-state index contributed by atoms with van der Waals surface area (Å²) >= 11 is 1.56. The summed E-state index contributed by atoms with van der Waals surface area (Å²) in [5.74, 6) is 0.270. The van der Waals surface area contributed by atoms with Crippen molar-refractivity contribution in [1.29, 1.82) is 0 Å². The molecule has 0 spiro atoms. The standard InChI is InChI=1S/C25H27N5OS/c1-2-12-30-24-19(15-26-30)10-11-21(28-24)20-9-6-13-29(16-20)25(31)22-17-32-23(27-22)14-18-7-4-3-5-8-18/h3-5,7-8,10-11,15,17,20H,2,6,9,12-14,16H2,1H3/t20-/m0/s1. The largest absolute Gasteiger partial charge is 0.337 e. The number of aryl methyl sites for hydroxylation is 1. The van der Waals surface area contributed by atoms with Gasteiger partial charge in [-0.05, 0) is 37.0 Å². The predicted octanol–water partition coefficient (Wildman–Crippen LogP) is 4.91. The first-order valence-electron chi connectivity index (χ1n) is 11.3. The zero-order valence-corrected chi connectivity index (χ0v) is 19.1. The zero-order chi connectivity index (χ0) is 21.9. The van der Waals surface area contributed by atoms with Gasteiger partial charge in [-0.15, -0.1) is 11.3 Å². The van der Waals surface area contributed by atoms with Crippen LogP contribution in [0.4, 0.5) is 0 Å². The maximum atomic E-state index is 13.2. The second-order valence-electron chi connectivity index (χ2n) is 8.40. The molecule has 0 aliphatic carbocycles. The lowest BCUT2D eigenvalue weighted by Crippen LogP contribution is -2.39. The predicted molar refractivity (Wildman–Crippen MR) is 127 cm³/mol. The van der Waals surface area contributed by atoms with Crippen LogP contribution in [0, 0.1) is 0 Å². The molecule has 7 heteroatoms. The monoisotopic (exact) mass is 445 g/mol. The lowest BCUT2D eigenvalue weighted by Gasteiger charge is -2.32. The molecule has 1 saturated heterocycles. The number of benzene rings is 1. The highest BCUT2D eigenvalue weighted by Gasteiger charge is 2.28. The molecule has 0 bridgehead atoms. The Morgan fingerprint density at radius 2 is 2.03 bits per heavy atom. The molecular formula is C25H27N5OS. The van der Waals surface area contributed by atoms with Crippen molar-refractivity contribution in [2.24, 2.45) is 0 Å². The van der Waals surface area contributed by atoms with E-state index in [0.717, 1.165) is 60.5 Å². The van der Waals surface area contributed by atoms with E-state index in [1.54, 1.807) is 11.3 Å². The number of carbonyl (C=O) groups is 1. The lowest BCUT2D eigenvalue weighted by atomic mass is 9.94. The first kappa shape index (κ1) is 20.8. The molecule has 32 heavy (non-hydrogen) atoms. The number of amides is 1. The second-order valence-corrected chi connectivity index (χ2v) is 9.34. The second kappa shape index (κ2) is 9.20. The van der Waals surface area contributed by atoms with Crippen LogP contribution in [0.3, 0.4) is 0 Å².